The smallest absolute Gasteiger partial charge is 0.276 e. The highest BCUT2D eigenvalue weighted by molar-refractivity contribution is 6.20. The molecule has 0 radical (unpaired) electrons. The lowest BCUT2D eigenvalue weighted by Gasteiger charge is -2.09. The first-order valence-electron chi connectivity index (χ1n) is 6.29. The van der Waals surface area contributed by atoms with Crippen molar-refractivity contribution in [2.75, 3.05) is 7.05 Å². The number of unbranched alkanes of at least 4 members (excludes halogenated alkanes) is 2. The van der Waals surface area contributed by atoms with Gasteiger partial charge in [0, 0.05) is 19.9 Å². The van der Waals surface area contributed by atoms with Gasteiger partial charge in [-0.05, 0) is 24.6 Å². The van der Waals surface area contributed by atoms with Gasteiger partial charge in [-0.25, -0.2) is 14.8 Å². The number of nitrogens with zero attached hydrogens (tertiary/aromatic N) is 1. The highest BCUT2D eigenvalue weighted by Gasteiger charge is 2.35. The molecule has 6 nitrogen and oxygen atoms in total. The van der Waals surface area contributed by atoms with Gasteiger partial charge in [-0.15, -0.1) is 0 Å². The van der Waals surface area contributed by atoms with E-state index in [1.54, 1.807) is 0 Å². The molecule has 0 fully saturated rings. The first kappa shape index (κ1) is 16.6. The van der Waals surface area contributed by atoms with Crippen LogP contribution in [0.2, 0.25) is 0 Å². The predicted octanol–water partition coefficient (Wildman–Crippen LogP) is 1.11. The van der Waals surface area contributed by atoms with Crippen molar-refractivity contribution < 1.29 is 23.6 Å². The van der Waals surface area contributed by atoms with Crippen molar-refractivity contribution in [3.63, 3.8) is 0 Å². The van der Waals surface area contributed by atoms with Crippen LogP contribution >= 0.6 is 0 Å². The molecule has 0 saturated carbocycles. The van der Waals surface area contributed by atoms with Crippen molar-refractivity contribution in [2.45, 2.75) is 19.3 Å². The molecule has 2 amide bonds. The highest BCUT2D eigenvalue weighted by Crippen LogP contribution is 2.21. The quantitative estimate of drug-likeness (QED) is 0.499. The molecule has 0 bridgehead atoms. The zero-order valence-electron chi connectivity index (χ0n) is 11.5. The van der Waals surface area contributed by atoms with Crippen LogP contribution in [0, 0.1) is 5.82 Å². The van der Waals surface area contributed by atoms with Gasteiger partial charge in [-0.3, -0.25) is 9.59 Å². The topological polar surface area (TPSA) is 83.6 Å². The third kappa shape index (κ3) is 4.03. The van der Waals surface area contributed by atoms with Crippen LogP contribution in [-0.2, 0) is 9.59 Å². The molecule has 0 aromatic heterocycles. The number of aldehydes is 2. The third-order valence-corrected chi connectivity index (χ3v) is 2.72. The summed E-state index contributed by atoms with van der Waals surface area (Å²) in [4.78, 5) is 42.1. The Labute approximate surface area is 120 Å². The Bertz CT molecular complexity index is 552. The first-order chi connectivity index (χ1) is 10.1. The van der Waals surface area contributed by atoms with Gasteiger partial charge in [0.05, 0.1) is 11.1 Å². The number of fused-ring (bicyclic) bond motifs is 1. The summed E-state index contributed by atoms with van der Waals surface area (Å²) < 4.78 is 12.8. The van der Waals surface area contributed by atoms with Gasteiger partial charge < -0.3 is 9.59 Å². The number of hydrogen-bond donors (Lipinski definition) is 1. The van der Waals surface area contributed by atoms with E-state index in [1.807, 2.05) is 0 Å². The van der Waals surface area contributed by atoms with Crippen molar-refractivity contribution in [2.24, 2.45) is 0 Å². The number of benzene rings is 1. The predicted molar refractivity (Wildman–Crippen MR) is 71.9 cm³/mol. The van der Waals surface area contributed by atoms with Crippen LogP contribution in [0.15, 0.2) is 18.2 Å². The van der Waals surface area contributed by atoms with Crippen molar-refractivity contribution in [3.05, 3.63) is 35.1 Å². The van der Waals surface area contributed by atoms with Crippen LogP contribution in [0.1, 0.15) is 40.0 Å². The van der Waals surface area contributed by atoms with Crippen LogP contribution in [0.3, 0.4) is 0 Å². The molecule has 112 valence electrons. The van der Waals surface area contributed by atoms with Crippen LogP contribution in [0.25, 0.3) is 0 Å². The number of hydrogen-bond acceptors (Lipinski definition) is 5. The summed E-state index contributed by atoms with van der Waals surface area (Å²) in [6, 6.07) is 3.53. The van der Waals surface area contributed by atoms with Crippen LogP contribution in [0.4, 0.5) is 4.39 Å². The molecule has 21 heavy (non-hydrogen) atoms. The lowest BCUT2D eigenvalue weighted by Crippen LogP contribution is -2.39. The molecule has 0 atom stereocenters. The van der Waals surface area contributed by atoms with Gasteiger partial charge in [-0.2, -0.15) is 0 Å². The minimum Gasteiger partial charge on any atom is -0.303 e. The number of amides is 2. The number of carbonyl (C=O) groups is 4. The number of imide groups is 1. The summed E-state index contributed by atoms with van der Waals surface area (Å²) in [6.07, 6.45) is 3.37. The van der Waals surface area contributed by atoms with E-state index in [0.717, 1.165) is 29.7 Å². The molecule has 0 saturated heterocycles. The lowest BCUT2D eigenvalue weighted by atomic mass is 10.1. The normalized spacial score (nSPS) is 12.6. The van der Waals surface area contributed by atoms with Gasteiger partial charge in [0.15, 0.2) is 0 Å². The maximum Gasteiger partial charge on any atom is 0.276 e. The van der Waals surface area contributed by atoms with E-state index in [-0.39, 0.29) is 11.1 Å². The van der Waals surface area contributed by atoms with E-state index in [1.165, 1.54) is 13.1 Å². The van der Waals surface area contributed by atoms with E-state index in [0.29, 0.717) is 19.3 Å². The maximum atomic E-state index is 12.8. The van der Waals surface area contributed by atoms with Crippen LogP contribution < -0.4 is 5.43 Å². The number of carbonyl (C=O) groups excluding carboxylic acids is 4. The summed E-state index contributed by atoms with van der Waals surface area (Å²) in [5.41, 5.74) is 2.77. The SMILES string of the molecule is CNN1C(=O)c2ccc(F)cc2C1=O.O=CCCCC=O. The molecule has 0 aliphatic carbocycles. The summed E-state index contributed by atoms with van der Waals surface area (Å²) >= 11 is 0. The second kappa shape index (κ2) is 8.01. The fraction of sp³-hybridized carbons (Fsp3) is 0.286. The number of nitrogens with one attached hydrogen (secondary N) is 1. The standard InChI is InChI=1S/C9H7FN2O2.C5H8O2/c1-11-12-8(13)6-3-2-5(10)4-7(6)9(12)14;6-4-2-1-3-5-7/h2-4,11H,1H3;4-5H,1-3H2. The van der Waals surface area contributed by atoms with Crippen LogP contribution in [-0.4, -0.2) is 36.4 Å². The number of rotatable bonds is 5. The second-order valence-corrected chi connectivity index (χ2v) is 4.12. The summed E-state index contributed by atoms with van der Waals surface area (Å²) in [5, 5.41) is 0.851. The summed E-state index contributed by atoms with van der Waals surface area (Å²) in [5.74, 6) is -1.50. The number of hydrazine groups is 1. The Balaban J connectivity index is 0.000000270. The van der Waals surface area contributed by atoms with Crippen molar-refractivity contribution in [1.29, 1.82) is 0 Å². The maximum absolute atomic E-state index is 12.8. The Hall–Kier alpha value is -2.41. The average Bonchev–Trinajstić information content (AvgIpc) is 2.71. The molecule has 1 aliphatic rings. The van der Waals surface area contributed by atoms with E-state index in [4.69, 9.17) is 0 Å². The summed E-state index contributed by atoms with van der Waals surface area (Å²) in [7, 11) is 1.46. The molecule has 1 aliphatic heterocycles. The minimum absolute atomic E-state index is 0.101. The van der Waals surface area contributed by atoms with E-state index in [2.05, 4.69) is 5.43 Å². The Morgan fingerprint density at radius 2 is 1.67 bits per heavy atom. The van der Waals surface area contributed by atoms with Gasteiger partial charge >= 0.3 is 0 Å². The zero-order valence-corrected chi connectivity index (χ0v) is 11.5. The molecular weight excluding hydrogens is 279 g/mol. The lowest BCUT2D eigenvalue weighted by molar-refractivity contribution is -0.108. The fourth-order valence-corrected chi connectivity index (χ4v) is 1.70. The Morgan fingerprint density at radius 1 is 1.10 bits per heavy atom. The molecule has 7 heteroatoms. The largest absolute Gasteiger partial charge is 0.303 e. The van der Waals surface area contributed by atoms with Crippen molar-refractivity contribution >= 4 is 24.4 Å². The molecule has 0 spiro atoms. The number of halogens is 1. The fourth-order valence-electron chi connectivity index (χ4n) is 1.70. The van der Waals surface area contributed by atoms with E-state index >= 15 is 0 Å². The van der Waals surface area contributed by atoms with E-state index in [9.17, 15) is 23.6 Å². The summed E-state index contributed by atoms with van der Waals surface area (Å²) in [6.45, 7) is 0. The zero-order chi connectivity index (χ0) is 15.8. The third-order valence-electron chi connectivity index (χ3n) is 2.72. The van der Waals surface area contributed by atoms with Crippen molar-refractivity contribution in [3.8, 4) is 0 Å². The molecule has 1 N–H and O–H groups in total. The average molecular weight is 294 g/mol. The first-order valence-corrected chi connectivity index (χ1v) is 6.29. The second-order valence-electron chi connectivity index (χ2n) is 4.12. The minimum atomic E-state index is -0.525. The monoisotopic (exact) mass is 294 g/mol. The Kier molecular flexibility index (Phi) is 6.35. The van der Waals surface area contributed by atoms with Gasteiger partial charge in [-0.1, -0.05) is 0 Å². The van der Waals surface area contributed by atoms with Crippen molar-refractivity contribution in [1.82, 2.24) is 10.4 Å². The Morgan fingerprint density at radius 3 is 2.19 bits per heavy atom. The molecule has 0 unspecified atom stereocenters. The molecule has 2 rings (SSSR count). The van der Waals surface area contributed by atoms with Gasteiger partial charge in [0.25, 0.3) is 11.8 Å². The van der Waals surface area contributed by atoms with Gasteiger partial charge in [0.1, 0.15) is 18.4 Å². The molecular formula is C14H15FN2O4. The molecule has 1 heterocycles. The molecule has 1 aromatic carbocycles. The molecule has 1 aromatic rings. The highest BCUT2D eigenvalue weighted by atomic mass is 19.1. The van der Waals surface area contributed by atoms with E-state index < -0.39 is 17.6 Å². The van der Waals surface area contributed by atoms with Gasteiger partial charge in [0.2, 0.25) is 0 Å². The van der Waals surface area contributed by atoms with Crippen LogP contribution in [0.5, 0.6) is 0 Å².